The third-order valence-electron chi connectivity index (χ3n) is 7.16. The Morgan fingerprint density at radius 1 is 1.06 bits per heavy atom. The first-order chi connectivity index (χ1) is 17.5. The minimum absolute atomic E-state index is 0.206. The Morgan fingerprint density at radius 2 is 1.83 bits per heavy atom. The zero-order chi connectivity index (χ0) is 24.9. The smallest absolute Gasteiger partial charge is 0.327 e. The molecule has 2 saturated heterocycles. The summed E-state index contributed by atoms with van der Waals surface area (Å²) in [5.74, 6) is -2.03. The van der Waals surface area contributed by atoms with E-state index in [0.29, 0.717) is 30.4 Å². The summed E-state index contributed by atoms with van der Waals surface area (Å²) in [7, 11) is 1.31. The van der Waals surface area contributed by atoms with E-state index in [4.69, 9.17) is 14.2 Å². The zero-order valence-corrected chi connectivity index (χ0v) is 20.3. The lowest BCUT2D eigenvalue weighted by atomic mass is 9.76. The van der Waals surface area contributed by atoms with Crippen LogP contribution in [0, 0.1) is 11.8 Å². The Balaban J connectivity index is 1.47. The maximum atomic E-state index is 14.1. The number of fused-ring (bicyclic) bond motifs is 2. The minimum atomic E-state index is -1.41. The molecule has 0 bridgehead atoms. The predicted octanol–water partition coefficient (Wildman–Crippen LogP) is 3.12. The van der Waals surface area contributed by atoms with Crippen LogP contribution in [0.1, 0.15) is 16.5 Å². The molecule has 184 valence electrons. The van der Waals surface area contributed by atoms with E-state index in [1.165, 1.54) is 23.3 Å². The molecule has 6 rings (SSSR count). The first-order valence-electron chi connectivity index (χ1n) is 11.7. The standard InChI is InChI=1S/C27H24N2O6S/c1-33-26(32)27(15-16-6-3-2-4-7-16)22-21(23(28-27)20-8-5-13-36-20)24(30)29(25(22)31)17-9-10-18-19(14-17)35-12-11-34-18/h2-10,13-14,21-23,28H,11-12,15H2,1H3/t21-,22-,23-,27-/m0/s1. The minimum Gasteiger partial charge on any atom is -0.486 e. The van der Waals surface area contributed by atoms with Gasteiger partial charge in [-0.15, -0.1) is 11.3 Å². The molecule has 4 heterocycles. The van der Waals surface area contributed by atoms with Gasteiger partial charge in [-0.2, -0.15) is 0 Å². The van der Waals surface area contributed by atoms with Crippen molar-refractivity contribution < 1.29 is 28.6 Å². The summed E-state index contributed by atoms with van der Waals surface area (Å²) >= 11 is 1.48. The van der Waals surface area contributed by atoms with Crippen LogP contribution in [0.3, 0.4) is 0 Å². The Labute approximate surface area is 211 Å². The number of carbonyl (C=O) groups excluding carboxylic acids is 3. The Morgan fingerprint density at radius 3 is 2.56 bits per heavy atom. The molecule has 2 fully saturated rings. The maximum Gasteiger partial charge on any atom is 0.327 e. The van der Waals surface area contributed by atoms with Crippen molar-refractivity contribution in [2.75, 3.05) is 25.2 Å². The van der Waals surface area contributed by atoms with Gasteiger partial charge >= 0.3 is 5.97 Å². The number of benzene rings is 2. The van der Waals surface area contributed by atoms with Crippen molar-refractivity contribution in [3.05, 3.63) is 76.5 Å². The predicted molar refractivity (Wildman–Crippen MR) is 132 cm³/mol. The van der Waals surface area contributed by atoms with Crippen LogP contribution in [-0.2, 0) is 25.5 Å². The van der Waals surface area contributed by atoms with Crippen LogP contribution in [0.15, 0.2) is 66.0 Å². The second-order valence-electron chi connectivity index (χ2n) is 9.11. The van der Waals surface area contributed by atoms with E-state index < -0.39 is 35.3 Å². The molecular weight excluding hydrogens is 480 g/mol. The fraction of sp³-hybridized carbons (Fsp3) is 0.296. The second-order valence-corrected chi connectivity index (χ2v) is 10.1. The highest BCUT2D eigenvalue weighted by molar-refractivity contribution is 7.10. The van der Waals surface area contributed by atoms with Gasteiger partial charge in [-0.25, -0.2) is 4.90 Å². The summed E-state index contributed by atoms with van der Waals surface area (Å²) in [6.07, 6.45) is 0.206. The summed E-state index contributed by atoms with van der Waals surface area (Å²) in [5, 5.41) is 5.33. The van der Waals surface area contributed by atoms with Crippen LogP contribution in [0.5, 0.6) is 11.5 Å². The monoisotopic (exact) mass is 504 g/mol. The number of nitrogens with zero attached hydrogens (tertiary/aromatic N) is 1. The highest BCUT2D eigenvalue weighted by Gasteiger charge is 2.69. The van der Waals surface area contributed by atoms with Gasteiger partial charge in [0.15, 0.2) is 11.5 Å². The van der Waals surface area contributed by atoms with E-state index in [1.54, 1.807) is 18.2 Å². The number of rotatable bonds is 5. The topological polar surface area (TPSA) is 94.2 Å². The first-order valence-corrected chi connectivity index (χ1v) is 12.6. The summed E-state index contributed by atoms with van der Waals surface area (Å²) in [4.78, 5) is 43.6. The summed E-state index contributed by atoms with van der Waals surface area (Å²) in [6, 6.07) is 17.8. The molecule has 4 atom stereocenters. The van der Waals surface area contributed by atoms with Gasteiger partial charge in [-0.3, -0.25) is 19.7 Å². The van der Waals surface area contributed by atoms with Crippen LogP contribution in [0.2, 0.25) is 0 Å². The van der Waals surface area contributed by atoms with Gasteiger partial charge in [0.25, 0.3) is 0 Å². The molecule has 0 saturated carbocycles. The van der Waals surface area contributed by atoms with E-state index in [9.17, 15) is 14.4 Å². The average molecular weight is 505 g/mol. The van der Waals surface area contributed by atoms with Gasteiger partial charge in [0.1, 0.15) is 18.8 Å². The Kier molecular flexibility index (Phi) is 5.54. The molecule has 2 aromatic carbocycles. The molecule has 8 nitrogen and oxygen atoms in total. The molecule has 3 aliphatic heterocycles. The number of imide groups is 1. The Bertz CT molecular complexity index is 1330. The highest BCUT2D eigenvalue weighted by Crippen LogP contribution is 2.52. The van der Waals surface area contributed by atoms with Gasteiger partial charge in [0.2, 0.25) is 11.8 Å². The molecule has 2 amide bonds. The van der Waals surface area contributed by atoms with Gasteiger partial charge in [0.05, 0.1) is 30.7 Å². The van der Waals surface area contributed by atoms with Crippen LogP contribution in [-0.4, -0.2) is 43.6 Å². The molecule has 0 radical (unpaired) electrons. The van der Waals surface area contributed by atoms with Crippen LogP contribution in [0.25, 0.3) is 0 Å². The van der Waals surface area contributed by atoms with E-state index >= 15 is 0 Å². The second kappa shape index (κ2) is 8.76. The third kappa shape index (κ3) is 3.42. The quantitative estimate of drug-likeness (QED) is 0.422. The number of nitrogens with one attached hydrogen (secondary N) is 1. The number of ether oxygens (including phenoxy) is 3. The van der Waals surface area contributed by atoms with Crippen molar-refractivity contribution in [1.29, 1.82) is 0 Å². The number of esters is 1. The van der Waals surface area contributed by atoms with Crippen molar-refractivity contribution in [1.82, 2.24) is 5.32 Å². The molecule has 0 unspecified atom stereocenters. The largest absolute Gasteiger partial charge is 0.486 e. The number of thiophene rings is 1. The highest BCUT2D eigenvalue weighted by atomic mass is 32.1. The SMILES string of the molecule is COC(=O)[C@@]1(Cc2ccccc2)N[C@@H](c2cccs2)[C@H]2C(=O)N(c3ccc4c(c3)OCCO4)C(=O)[C@H]21. The average Bonchev–Trinajstić information content (AvgIpc) is 3.61. The summed E-state index contributed by atoms with van der Waals surface area (Å²) < 4.78 is 16.5. The van der Waals surface area contributed by atoms with Gasteiger partial charge < -0.3 is 14.2 Å². The maximum absolute atomic E-state index is 14.1. The molecule has 0 spiro atoms. The number of anilines is 1. The van der Waals surface area contributed by atoms with Crippen LogP contribution >= 0.6 is 11.3 Å². The van der Waals surface area contributed by atoms with E-state index in [1.807, 2.05) is 47.8 Å². The summed E-state index contributed by atoms with van der Waals surface area (Å²) in [6.45, 7) is 0.823. The fourth-order valence-electron chi connectivity index (χ4n) is 5.66. The molecule has 3 aromatic rings. The normalized spacial score (nSPS) is 26.7. The lowest BCUT2D eigenvalue weighted by Gasteiger charge is -2.32. The van der Waals surface area contributed by atoms with Crippen molar-refractivity contribution in [3.63, 3.8) is 0 Å². The fourth-order valence-corrected chi connectivity index (χ4v) is 6.49. The summed E-state index contributed by atoms with van der Waals surface area (Å²) in [5.41, 5.74) is -0.156. The number of methoxy groups -OCH3 is 1. The number of carbonyl (C=O) groups is 3. The van der Waals surface area contributed by atoms with Gasteiger partial charge in [0, 0.05) is 17.4 Å². The number of hydrogen-bond donors (Lipinski definition) is 1. The molecule has 1 aromatic heterocycles. The van der Waals surface area contributed by atoms with Crippen molar-refractivity contribution in [2.45, 2.75) is 18.0 Å². The molecule has 36 heavy (non-hydrogen) atoms. The van der Waals surface area contributed by atoms with Crippen molar-refractivity contribution in [2.24, 2.45) is 11.8 Å². The lowest BCUT2D eigenvalue weighted by molar-refractivity contribution is -0.152. The number of amides is 2. The van der Waals surface area contributed by atoms with Crippen LogP contribution in [0.4, 0.5) is 5.69 Å². The molecular formula is C27H24N2O6S. The molecule has 9 heteroatoms. The number of hydrogen-bond acceptors (Lipinski definition) is 8. The molecule has 1 N–H and O–H groups in total. The molecule has 3 aliphatic rings. The van der Waals surface area contributed by atoms with Crippen molar-refractivity contribution in [3.8, 4) is 11.5 Å². The Hall–Kier alpha value is -3.69. The van der Waals surface area contributed by atoms with Gasteiger partial charge in [-0.05, 0) is 29.1 Å². The van der Waals surface area contributed by atoms with E-state index in [0.717, 1.165) is 10.4 Å². The molecule has 0 aliphatic carbocycles. The van der Waals surface area contributed by atoms with E-state index in [-0.39, 0.29) is 12.3 Å². The van der Waals surface area contributed by atoms with Gasteiger partial charge in [-0.1, -0.05) is 36.4 Å². The van der Waals surface area contributed by atoms with Crippen molar-refractivity contribution >= 4 is 34.8 Å². The third-order valence-corrected chi connectivity index (χ3v) is 8.12. The van der Waals surface area contributed by atoms with Crippen LogP contribution < -0.4 is 19.7 Å². The first kappa shape index (κ1) is 22.8. The lowest BCUT2D eigenvalue weighted by Crippen LogP contribution is -2.57. The van der Waals surface area contributed by atoms with E-state index in [2.05, 4.69) is 5.32 Å². The zero-order valence-electron chi connectivity index (χ0n) is 19.5.